The Balaban J connectivity index is 1.90. The van der Waals surface area contributed by atoms with Crippen molar-refractivity contribution in [3.8, 4) is 0 Å². The lowest BCUT2D eigenvalue weighted by molar-refractivity contribution is -0.132. The van der Waals surface area contributed by atoms with Crippen molar-refractivity contribution < 1.29 is 13.2 Å². The Morgan fingerprint density at radius 2 is 1.63 bits per heavy atom. The van der Waals surface area contributed by atoms with E-state index in [-0.39, 0.29) is 23.9 Å². The van der Waals surface area contributed by atoms with Gasteiger partial charge >= 0.3 is 0 Å². The zero-order valence-electron chi connectivity index (χ0n) is 18.0. The number of aryl methyl sites for hydroxylation is 3. The summed E-state index contributed by atoms with van der Waals surface area (Å²) >= 11 is 0. The second kappa shape index (κ2) is 9.73. The zero-order valence-corrected chi connectivity index (χ0v) is 18.8. The van der Waals surface area contributed by atoms with Crippen molar-refractivity contribution in [3.63, 3.8) is 0 Å². The average Bonchev–Trinajstić information content (AvgIpc) is 2.76. The maximum Gasteiger partial charge on any atom is 0.243 e. The summed E-state index contributed by atoms with van der Waals surface area (Å²) in [6, 6.07) is 13.0. The van der Waals surface area contributed by atoms with Gasteiger partial charge in [0, 0.05) is 32.7 Å². The minimum Gasteiger partial charge on any atom is -0.339 e. The SMILES string of the molecule is CCc1ccc(CN(CC(=O)N2CCNCC2)S(=O)(=O)c2ccc(C)c(C)c2)cc1. The van der Waals surface area contributed by atoms with Crippen LogP contribution in [0, 0.1) is 13.8 Å². The predicted molar refractivity (Wildman–Crippen MR) is 119 cm³/mol. The van der Waals surface area contributed by atoms with Crippen molar-refractivity contribution in [3.05, 3.63) is 64.7 Å². The molecule has 0 saturated carbocycles. The van der Waals surface area contributed by atoms with E-state index in [1.807, 2.05) is 44.2 Å². The summed E-state index contributed by atoms with van der Waals surface area (Å²) in [6.45, 7) is 8.59. The molecular formula is C23H31N3O3S. The maximum absolute atomic E-state index is 13.5. The van der Waals surface area contributed by atoms with Gasteiger partial charge in [0.2, 0.25) is 15.9 Å². The molecule has 0 atom stereocenters. The minimum atomic E-state index is -3.82. The van der Waals surface area contributed by atoms with Gasteiger partial charge in [0.05, 0.1) is 11.4 Å². The molecule has 1 heterocycles. The molecule has 0 radical (unpaired) electrons. The van der Waals surface area contributed by atoms with Gasteiger partial charge in [-0.25, -0.2) is 8.42 Å². The highest BCUT2D eigenvalue weighted by Gasteiger charge is 2.29. The van der Waals surface area contributed by atoms with Crippen molar-refractivity contribution in [1.82, 2.24) is 14.5 Å². The first-order chi connectivity index (χ1) is 14.3. The number of carbonyl (C=O) groups excluding carboxylic acids is 1. The quantitative estimate of drug-likeness (QED) is 0.734. The Kier molecular flexibility index (Phi) is 7.28. The number of amides is 1. The number of nitrogens with one attached hydrogen (secondary N) is 1. The smallest absolute Gasteiger partial charge is 0.243 e. The first-order valence-corrected chi connectivity index (χ1v) is 11.9. The largest absolute Gasteiger partial charge is 0.339 e. The van der Waals surface area contributed by atoms with E-state index >= 15 is 0 Å². The van der Waals surface area contributed by atoms with E-state index in [9.17, 15) is 13.2 Å². The van der Waals surface area contributed by atoms with Crippen LogP contribution < -0.4 is 5.32 Å². The zero-order chi connectivity index (χ0) is 21.7. The fraction of sp³-hybridized carbons (Fsp3) is 0.435. The van der Waals surface area contributed by atoms with E-state index in [2.05, 4.69) is 12.2 Å². The molecule has 1 fully saturated rings. The number of benzene rings is 2. The molecular weight excluding hydrogens is 398 g/mol. The van der Waals surface area contributed by atoms with Gasteiger partial charge in [-0.1, -0.05) is 37.3 Å². The molecule has 0 spiro atoms. The van der Waals surface area contributed by atoms with Gasteiger partial charge in [-0.2, -0.15) is 4.31 Å². The third kappa shape index (κ3) is 5.28. The summed E-state index contributed by atoms with van der Waals surface area (Å²) in [4.78, 5) is 14.9. The molecule has 1 N–H and O–H groups in total. The standard InChI is InChI=1S/C23H31N3O3S/c1-4-20-6-8-21(9-7-20)16-26(17-23(27)25-13-11-24-12-14-25)30(28,29)22-10-5-18(2)19(3)15-22/h5-10,15,24H,4,11-14,16-17H2,1-3H3. The summed E-state index contributed by atoms with van der Waals surface area (Å²) in [5, 5.41) is 3.22. The molecule has 1 aliphatic rings. The third-order valence-electron chi connectivity index (χ3n) is 5.69. The van der Waals surface area contributed by atoms with Crippen LogP contribution in [0.15, 0.2) is 47.4 Å². The monoisotopic (exact) mass is 429 g/mol. The molecule has 6 nitrogen and oxygen atoms in total. The van der Waals surface area contributed by atoms with Gasteiger partial charge < -0.3 is 10.2 Å². The number of nitrogens with zero attached hydrogens (tertiary/aromatic N) is 2. The molecule has 3 rings (SSSR count). The number of piperazine rings is 1. The molecule has 0 aliphatic carbocycles. The van der Waals surface area contributed by atoms with E-state index in [1.54, 1.807) is 17.0 Å². The molecule has 2 aromatic rings. The highest BCUT2D eigenvalue weighted by Crippen LogP contribution is 2.22. The summed E-state index contributed by atoms with van der Waals surface area (Å²) < 4.78 is 28.3. The maximum atomic E-state index is 13.5. The van der Waals surface area contributed by atoms with E-state index in [0.717, 1.165) is 36.2 Å². The Morgan fingerprint density at radius 3 is 2.23 bits per heavy atom. The summed E-state index contributed by atoms with van der Waals surface area (Å²) in [5.41, 5.74) is 4.01. The van der Waals surface area contributed by atoms with Crippen molar-refractivity contribution >= 4 is 15.9 Å². The predicted octanol–water partition coefficient (Wildman–Crippen LogP) is 2.49. The lowest BCUT2D eigenvalue weighted by Crippen LogP contribution is -2.50. The van der Waals surface area contributed by atoms with Crippen LogP contribution in [0.3, 0.4) is 0 Å². The fourth-order valence-electron chi connectivity index (χ4n) is 3.50. The summed E-state index contributed by atoms with van der Waals surface area (Å²) in [5.74, 6) is -0.158. The molecule has 162 valence electrons. The highest BCUT2D eigenvalue weighted by molar-refractivity contribution is 7.89. The highest BCUT2D eigenvalue weighted by atomic mass is 32.2. The van der Waals surface area contributed by atoms with Crippen molar-refractivity contribution in [2.24, 2.45) is 0 Å². The minimum absolute atomic E-state index is 0.158. The van der Waals surface area contributed by atoms with Gasteiger partial charge in [0.15, 0.2) is 0 Å². The van der Waals surface area contributed by atoms with Gasteiger partial charge in [0.25, 0.3) is 0 Å². The van der Waals surface area contributed by atoms with E-state index < -0.39 is 10.0 Å². The van der Waals surface area contributed by atoms with Crippen molar-refractivity contribution in [2.75, 3.05) is 32.7 Å². The number of hydrogen-bond donors (Lipinski definition) is 1. The lowest BCUT2D eigenvalue weighted by Gasteiger charge is -2.30. The summed E-state index contributed by atoms with van der Waals surface area (Å²) in [6.07, 6.45) is 0.923. The lowest BCUT2D eigenvalue weighted by atomic mass is 10.1. The van der Waals surface area contributed by atoms with Crippen LogP contribution in [0.2, 0.25) is 0 Å². The first kappa shape index (κ1) is 22.5. The molecule has 2 aromatic carbocycles. The molecule has 7 heteroatoms. The molecule has 1 amide bonds. The molecule has 1 aliphatic heterocycles. The second-order valence-electron chi connectivity index (χ2n) is 7.82. The van der Waals surface area contributed by atoms with E-state index in [0.29, 0.717) is 13.1 Å². The summed E-state index contributed by atoms with van der Waals surface area (Å²) in [7, 11) is -3.82. The van der Waals surface area contributed by atoms with Crippen molar-refractivity contribution in [2.45, 2.75) is 38.6 Å². The van der Waals surface area contributed by atoms with Crippen LogP contribution in [-0.2, 0) is 27.8 Å². The molecule has 0 bridgehead atoms. The Hall–Kier alpha value is -2.22. The Morgan fingerprint density at radius 1 is 1.00 bits per heavy atom. The number of carbonyl (C=O) groups is 1. The normalized spacial score (nSPS) is 14.9. The van der Waals surface area contributed by atoms with Crippen LogP contribution in [0.1, 0.15) is 29.2 Å². The number of sulfonamides is 1. The van der Waals surface area contributed by atoms with Crippen LogP contribution in [-0.4, -0.2) is 56.3 Å². The van der Waals surface area contributed by atoms with Gasteiger partial charge in [-0.05, 0) is 54.7 Å². The Bertz CT molecular complexity index is 981. The first-order valence-electron chi connectivity index (χ1n) is 10.4. The van der Waals surface area contributed by atoms with Crippen LogP contribution in [0.25, 0.3) is 0 Å². The van der Waals surface area contributed by atoms with Crippen molar-refractivity contribution in [1.29, 1.82) is 0 Å². The number of hydrogen-bond acceptors (Lipinski definition) is 4. The molecule has 30 heavy (non-hydrogen) atoms. The van der Waals surface area contributed by atoms with Gasteiger partial charge in [0.1, 0.15) is 0 Å². The average molecular weight is 430 g/mol. The van der Waals surface area contributed by atoms with Gasteiger partial charge in [-0.15, -0.1) is 0 Å². The molecule has 0 unspecified atom stereocenters. The second-order valence-corrected chi connectivity index (χ2v) is 9.76. The molecule has 0 aromatic heterocycles. The van der Waals surface area contributed by atoms with Crippen LogP contribution in [0.4, 0.5) is 0 Å². The van der Waals surface area contributed by atoms with E-state index in [4.69, 9.17) is 0 Å². The van der Waals surface area contributed by atoms with E-state index in [1.165, 1.54) is 9.87 Å². The van der Waals surface area contributed by atoms with Gasteiger partial charge in [-0.3, -0.25) is 4.79 Å². The molecule has 1 saturated heterocycles. The number of rotatable bonds is 7. The topological polar surface area (TPSA) is 69.7 Å². The van der Waals surface area contributed by atoms with Crippen LogP contribution >= 0.6 is 0 Å². The third-order valence-corrected chi connectivity index (χ3v) is 7.48. The van der Waals surface area contributed by atoms with Crippen LogP contribution in [0.5, 0.6) is 0 Å². The Labute approximate surface area is 179 Å². The fourth-order valence-corrected chi connectivity index (χ4v) is 4.96.